The topological polar surface area (TPSA) is 113 Å². The van der Waals surface area contributed by atoms with Crippen molar-refractivity contribution in [2.75, 3.05) is 17.3 Å². The molecule has 0 saturated heterocycles. The van der Waals surface area contributed by atoms with Crippen molar-refractivity contribution in [1.29, 1.82) is 0 Å². The molecule has 150 valence electrons. The Morgan fingerprint density at radius 3 is 2.23 bits per heavy atom. The molecule has 30 heavy (non-hydrogen) atoms. The lowest BCUT2D eigenvalue weighted by molar-refractivity contribution is 0.0920. The fourth-order valence-corrected chi connectivity index (χ4v) is 3.27. The summed E-state index contributed by atoms with van der Waals surface area (Å²) in [5, 5.41) is 9.16. The third kappa shape index (κ3) is 3.12. The number of carbonyl (C=O) groups is 4. The van der Waals surface area contributed by atoms with Crippen molar-refractivity contribution in [3.8, 4) is 0 Å². The first-order valence-electron chi connectivity index (χ1n) is 9.05. The van der Waals surface area contributed by atoms with Crippen LogP contribution in [0.15, 0.2) is 54.7 Å². The second-order valence-corrected chi connectivity index (χ2v) is 6.64. The van der Waals surface area contributed by atoms with E-state index in [2.05, 4.69) is 15.7 Å². The monoisotopic (exact) mass is 403 g/mol. The molecule has 9 nitrogen and oxygen atoms in total. The van der Waals surface area contributed by atoms with Crippen LogP contribution in [0, 0.1) is 0 Å². The second-order valence-electron chi connectivity index (χ2n) is 6.64. The van der Waals surface area contributed by atoms with Crippen molar-refractivity contribution in [3.05, 3.63) is 77.1 Å². The number of hydrogen-bond donors (Lipinski definition) is 2. The highest BCUT2D eigenvalue weighted by Gasteiger charge is 2.36. The normalized spacial score (nSPS) is 12.7. The van der Waals surface area contributed by atoms with Crippen molar-refractivity contribution in [1.82, 2.24) is 15.1 Å². The Bertz CT molecular complexity index is 1180. The molecule has 0 fully saturated rings. The van der Waals surface area contributed by atoms with Gasteiger partial charge in [-0.15, -0.1) is 0 Å². The van der Waals surface area contributed by atoms with Gasteiger partial charge in [0.1, 0.15) is 0 Å². The van der Waals surface area contributed by atoms with E-state index in [0.29, 0.717) is 11.1 Å². The van der Waals surface area contributed by atoms with Gasteiger partial charge < -0.3 is 10.6 Å². The average molecular weight is 403 g/mol. The van der Waals surface area contributed by atoms with Gasteiger partial charge >= 0.3 is 0 Å². The molecule has 9 heteroatoms. The predicted molar refractivity (Wildman–Crippen MR) is 109 cm³/mol. The number of aromatic nitrogens is 2. The van der Waals surface area contributed by atoms with E-state index in [9.17, 15) is 19.2 Å². The zero-order valence-corrected chi connectivity index (χ0v) is 16.2. The molecule has 0 saturated carbocycles. The standard InChI is InChI=1S/C21H17N5O4/c1-22-19(28)17-16(11-25(2)24-17)23-18(27)12-6-5-7-13(10-12)26-20(29)14-8-3-4-9-15(14)21(26)30/h3-11H,1-2H3,(H,22,28)(H,23,27). The summed E-state index contributed by atoms with van der Waals surface area (Å²) in [5.74, 6) is -1.83. The minimum atomic E-state index is -0.508. The highest BCUT2D eigenvalue weighted by Crippen LogP contribution is 2.29. The summed E-state index contributed by atoms with van der Waals surface area (Å²) in [6, 6.07) is 12.7. The molecule has 1 aliphatic heterocycles. The van der Waals surface area contributed by atoms with Crippen LogP contribution in [0.25, 0.3) is 0 Å². The van der Waals surface area contributed by atoms with Crippen molar-refractivity contribution >= 4 is 35.0 Å². The smallest absolute Gasteiger partial charge is 0.273 e. The van der Waals surface area contributed by atoms with Crippen molar-refractivity contribution < 1.29 is 19.2 Å². The van der Waals surface area contributed by atoms with E-state index < -0.39 is 23.6 Å². The van der Waals surface area contributed by atoms with Crippen LogP contribution >= 0.6 is 0 Å². The Hall–Kier alpha value is -4.27. The van der Waals surface area contributed by atoms with Crippen molar-refractivity contribution in [2.24, 2.45) is 7.05 Å². The number of rotatable bonds is 4. The molecule has 2 heterocycles. The molecule has 1 aliphatic rings. The number of amides is 4. The maximum absolute atomic E-state index is 12.8. The van der Waals surface area contributed by atoms with Gasteiger partial charge in [-0.25, -0.2) is 4.90 Å². The van der Waals surface area contributed by atoms with Crippen LogP contribution in [-0.4, -0.2) is 40.5 Å². The van der Waals surface area contributed by atoms with Gasteiger partial charge in [-0.2, -0.15) is 5.10 Å². The van der Waals surface area contributed by atoms with E-state index in [4.69, 9.17) is 0 Å². The van der Waals surface area contributed by atoms with E-state index >= 15 is 0 Å². The molecule has 0 unspecified atom stereocenters. The molecule has 4 amide bonds. The third-order valence-corrected chi connectivity index (χ3v) is 4.68. The first-order valence-corrected chi connectivity index (χ1v) is 9.05. The SMILES string of the molecule is CNC(=O)c1nn(C)cc1NC(=O)c1cccc(N2C(=O)c3ccccc3C2=O)c1. The Labute approximate surface area is 171 Å². The fraction of sp³-hybridized carbons (Fsp3) is 0.0952. The van der Waals surface area contributed by atoms with Gasteiger partial charge in [0, 0.05) is 25.9 Å². The van der Waals surface area contributed by atoms with Crippen LogP contribution < -0.4 is 15.5 Å². The zero-order valence-electron chi connectivity index (χ0n) is 16.2. The van der Waals surface area contributed by atoms with Crippen LogP contribution in [0.2, 0.25) is 0 Å². The first kappa shape index (κ1) is 19.1. The number of aryl methyl sites for hydroxylation is 1. The van der Waals surface area contributed by atoms with Gasteiger partial charge in [0.2, 0.25) is 0 Å². The maximum atomic E-state index is 12.8. The molecule has 3 aromatic rings. The minimum absolute atomic E-state index is 0.0739. The molecule has 2 aromatic carbocycles. The van der Waals surface area contributed by atoms with Gasteiger partial charge in [-0.1, -0.05) is 18.2 Å². The van der Waals surface area contributed by atoms with Gasteiger partial charge in [-0.05, 0) is 30.3 Å². The van der Waals surface area contributed by atoms with E-state index in [1.807, 2.05) is 0 Å². The average Bonchev–Trinajstić information content (AvgIpc) is 3.24. The fourth-order valence-electron chi connectivity index (χ4n) is 3.27. The molecule has 0 atom stereocenters. The minimum Gasteiger partial charge on any atom is -0.354 e. The summed E-state index contributed by atoms with van der Waals surface area (Å²) in [6.07, 6.45) is 1.51. The molecule has 2 N–H and O–H groups in total. The number of hydrogen-bond acceptors (Lipinski definition) is 5. The highest BCUT2D eigenvalue weighted by atomic mass is 16.2. The number of nitrogens with zero attached hydrogens (tertiary/aromatic N) is 3. The third-order valence-electron chi connectivity index (χ3n) is 4.68. The zero-order chi connectivity index (χ0) is 21.4. The summed E-state index contributed by atoms with van der Waals surface area (Å²) in [7, 11) is 3.10. The largest absolute Gasteiger partial charge is 0.354 e. The Balaban J connectivity index is 1.62. The van der Waals surface area contributed by atoms with Gasteiger partial charge in [-0.3, -0.25) is 23.9 Å². The molecule has 1 aromatic heterocycles. The van der Waals surface area contributed by atoms with Crippen LogP contribution in [0.3, 0.4) is 0 Å². The number of imide groups is 1. The molecule has 4 rings (SSSR count). The van der Waals surface area contributed by atoms with Crippen LogP contribution in [0.5, 0.6) is 0 Å². The van der Waals surface area contributed by atoms with Crippen LogP contribution in [0.1, 0.15) is 41.6 Å². The van der Waals surface area contributed by atoms with Crippen LogP contribution in [-0.2, 0) is 7.05 Å². The van der Waals surface area contributed by atoms with E-state index in [1.54, 1.807) is 49.5 Å². The molecule has 0 bridgehead atoms. The summed E-state index contributed by atoms with van der Waals surface area (Å²) in [5.41, 5.74) is 1.46. The van der Waals surface area contributed by atoms with Gasteiger partial charge in [0.25, 0.3) is 23.6 Å². The molecule has 0 radical (unpaired) electrons. The maximum Gasteiger partial charge on any atom is 0.273 e. The number of benzene rings is 2. The quantitative estimate of drug-likeness (QED) is 0.646. The first-order chi connectivity index (χ1) is 14.4. The van der Waals surface area contributed by atoms with E-state index in [-0.39, 0.29) is 22.6 Å². The molecular formula is C21H17N5O4. The predicted octanol–water partition coefficient (Wildman–Crippen LogP) is 1.83. The summed E-state index contributed by atoms with van der Waals surface area (Å²) < 4.78 is 1.41. The van der Waals surface area contributed by atoms with Crippen LogP contribution in [0.4, 0.5) is 11.4 Å². The molecule has 0 aliphatic carbocycles. The van der Waals surface area contributed by atoms with E-state index in [0.717, 1.165) is 4.90 Å². The van der Waals surface area contributed by atoms with Gasteiger partial charge in [0.15, 0.2) is 5.69 Å². The lowest BCUT2D eigenvalue weighted by atomic mass is 10.1. The summed E-state index contributed by atoms with van der Waals surface area (Å²) in [6.45, 7) is 0. The Morgan fingerprint density at radius 1 is 0.933 bits per heavy atom. The molecule has 0 spiro atoms. The van der Waals surface area contributed by atoms with Crippen molar-refractivity contribution in [2.45, 2.75) is 0 Å². The van der Waals surface area contributed by atoms with E-state index in [1.165, 1.54) is 24.0 Å². The lowest BCUT2D eigenvalue weighted by Crippen LogP contribution is -2.29. The number of nitrogens with one attached hydrogen (secondary N) is 2. The highest BCUT2D eigenvalue weighted by molar-refractivity contribution is 6.34. The summed E-state index contributed by atoms with van der Waals surface area (Å²) in [4.78, 5) is 51.1. The van der Waals surface area contributed by atoms with Crippen molar-refractivity contribution in [3.63, 3.8) is 0 Å². The second kappa shape index (κ2) is 7.28. The lowest BCUT2D eigenvalue weighted by Gasteiger charge is -2.15. The Kier molecular flexibility index (Phi) is 4.63. The number of anilines is 2. The number of fused-ring (bicyclic) bond motifs is 1. The Morgan fingerprint density at radius 2 is 1.60 bits per heavy atom. The molecular weight excluding hydrogens is 386 g/mol. The summed E-state index contributed by atoms with van der Waals surface area (Å²) >= 11 is 0. The van der Waals surface area contributed by atoms with Gasteiger partial charge in [0.05, 0.1) is 22.5 Å². The number of carbonyl (C=O) groups excluding carboxylic acids is 4.